The summed E-state index contributed by atoms with van der Waals surface area (Å²) in [6, 6.07) is 17.2. The second-order valence-corrected chi connectivity index (χ2v) is 7.51. The Morgan fingerprint density at radius 2 is 1.78 bits per heavy atom. The summed E-state index contributed by atoms with van der Waals surface area (Å²) in [5.41, 5.74) is 1.87. The van der Waals surface area contributed by atoms with Gasteiger partial charge in [-0.3, -0.25) is 0 Å². The first-order valence-corrected chi connectivity index (χ1v) is 9.86. The minimum Gasteiger partial charge on any atom is -0.457 e. The van der Waals surface area contributed by atoms with Crippen LogP contribution in [0.2, 0.25) is 0 Å². The fourth-order valence-corrected chi connectivity index (χ4v) is 3.64. The quantitative estimate of drug-likeness (QED) is 0.691. The number of ether oxygens (including phenoxy) is 1. The highest BCUT2D eigenvalue weighted by molar-refractivity contribution is 5.95. The molecule has 0 spiro atoms. The maximum Gasteiger partial charge on any atom is 0.340 e. The monoisotopic (exact) mass is 367 g/mol. The summed E-state index contributed by atoms with van der Waals surface area (Å²) in [5.74, 6) is 0.205. The van der Waals surface area contributed by atoms with Gasteiger partial charge in [-0.05, 0) is 55.7 Å². The number of hydrogen-bond acceptors (Lipinski definition) is 4. The molecule has 2 N–H and O–H groups in total. The van der Waals surface area contributed by atoms with Crippen LogP contribution in [-0.4, -0.2) is 23.2 Å². The molecule has 3 rings (SSSR count). The molecule has 0 amide bonds. The fourth-order valence-electron chi connectivity index (χ4n) is 3.64. The van der Waals surface area contributed by atoms with Gasteiger partial charge in [0.15, 0.2) is 0 Å². The number of carbonyl (C=O) groups is 1. The fraction of sp³-hybridized carbons (Fsp3) is 0.435. The number of anilines is 1. The number of rotatable bonds is 7. The van der Waals surface area contributed by atoms with Gasteiger partial charge in [-0.15, -0.1) is 0 Å². The molecule has 2 aromatic carbocycles. The summed E-state index contributed by atoms with van der Waals surface area (Å²) in [6.07, 6.45) is 4.56. The predicted octanol–water partition coefficient (Wildman–Crippen LogP) is 4.79. The molecule has 0 radical (unpaired) electrons. The maximum absolute atomic E-state index is 12.5. The molecule has 0 aromatic heterocycles. The van der Waals surface area contributed by atoms with Crippen LogP contribution in [0.15, 0.2) is 54.6 Å². The first-order chi connectivity index (χ1) is 13.1. The van der Waals surface area contributed by atoms with Crippen molar-refractivity contribution in [2.75, 3.05) is 11.9 Å². The lowest BCUT2D eigenvalue weighted by molar-refractivity contribution is -0.0109. The highest BCUT2D eigenvalue weighted by Gasteiger charge is 2.31. The van der Waals surface area contributed by atoms with E-state index in [1.165, 1.54) is 0 Å². The van der Waals surface area contributed by atoms with E-state index < -0.39 is 5.60 Å². The number of esters is 1. The molecule has 1 aliphatic carbocycles. The van der Waals surface area contributed by atoms with Gasteiger partial charge >= 0.3 is 5.97 Å². The molecule has 0 unspecified atom stereocenters. The molecule has 1 aliphatic rings. The third kappa shape index (κ3) is 5.33. The van der Waals surface area contributed by atoms with Gasteiger partial charge in [0, 0.05) is 12.2 Å². The standard InChI is InChI=1S/C23H29NO3/c1-2-23(26)14-12-18(13-15-23)16-24-21-11-7-6-10-20(21)22(25)27-17-19-8-4-3-5-9-19/h3-11,18,24,26H,2,12-17H2,1H3. The normalized spacial score (nSPS) is 22.2. The van der Waals surface area contributed by atoms with Crippen LogP contribution in [0.5, 0.6) is 0 Å². The Kier molecular flexibility index (Phi) is 6.51. The lowest BCUT2D eigenvalue weighted by Gasteiger charge is -2.35. The molecule has 1 fully saturated rings. The van der Waals surface area contributed by atoms with Crippen molar-refractivity contribution in [2.24, 2.45) is 5.92 Å². The summed E-state index contributed by atoms with van der Waals surface area (Å²) < 4.78 is 5.48. The molecule has 0 saturated heterocycles. The lowest BCUT2D eigenvalue weighted by atomic mass is 9.77. The van der Waals surface area contributed by atoms with Crippen LogP contribution in [-0.2, 0) is 11.3 Å². The van der Waals surface area contributed by atoms with Gasteiger partial charge in [0.05, 0.1) is 11.2 Å². The number of nitrogens with one attached hydrogen (secondary N) is 1. The van der Waals surface area contributed by atoms with Crippen molar-refractivity contribution in [3.8, 4) is 0 Å². The zero-order valence-corrected chi connectivity index (χ0v) is 16.0. The largest absolute Gasteiger partial charge is 0.457 e. The van der Waals surface area contributed by atoms with E-state index in [2.05, 4.69) is 12.2 Å². The third-order valence-corrected chi connectivity index (χ3v) is 5.63. The second-order valence-electron chi connectivity index (χ2n) is 7.51. The zero-order valence-electron chi connectivity index (χ0n) is 16.0. The average Bonchev–Trinajstić information content (AvgIpc) is 2.72. The van der Waals surface area contributed by atoms with Crippen molar-refractivity contribution in [3.63, 3.8) is 0 Å². The van der Waals surface area contributed by atoms with Crippen LogP contribution in [0.3, 0.4) is 0 Å². The van der Waals surface area contributed by atoms with Crippen molar-refractivity contribution in [2.45, 2.75) is 51.2 Å². The van der Waals surface area contributed by atoms with Crippen LogP contribution in [0, 0.1) is 5.92 Å². The van der Waals surface area contributed by atoms with Gasteiger partial charge in [0.25, 0.3) is 0 Å². The highest BCUT2D eigenvalue weighted by Crippen LogP contribution is 2.34. The molecule has 0 bridgehead atoms. The van der Waals surface area contributed by atoms with Crippen LogP contribution < -0.4 is 5.32 Å². The van der Waals surface area contributed by atoms with E-state index in [1.54, 1.807) is 6.07 Å². The molecule has 2 aromatic rings. The number of aliphatic hydroxyl groups is 1. The van der Waals surface area contributed by atoms with Crippen LogP contribution >= 0.6 is 0 Å². The number of hydrogen-bond donors (Lipinski definition) is 2. The minimum absolute atomic E-state index is 0.270. The SMILES string of the molecule is CCC1(O)CCC(CNc2ccccc2C(=O)OCc2ccccc2)CC1. The van der Waals surface area contributed by atoms with E-state index in [4.69, 9.17) is 4.74 Å². The Labute approximate surface area is 161 Å². The van der Waals surface area contributed by atoms with Crippen molar-refractivity contribution >= 4 is 11.7 Å². The summed E-state index contributed by atoms with van der Waals surface area (Å²) in [7, 11) is 0. The number of carbonyl (C=O) groups excluding carboxylic acids is 1. The van der Waals surface area contributed by atoms with Crippen LogP contribution in [0.4, 0.5) is 5.69 Å². The Balaban J connectivity index is 1.55. The van der Waals surface area contributed by atoms with Crippen molar-refractivity contribution < 1.29 is 14.6 Å². The molecule has 4 nitrogen and oxygen atoms in total. The molecule has 4 heteroatoms. The van der Waals surface area contributed by atoms with E-state index in [9.17, 15) is 9.90 Å². The van der Waals surface area contributed by atoms with E-state index in [1.807, 2.05) is 48.5 Å². The molecular formula is C23H29NO3. The van der Waals surface area contributed by atoms with Crippen molar-refractivity contribution in [1.82, 2.24) is 0 Å². The third-order valence-electron chi connectivity index (χ3n) is 5.63. The Morgan fingerprint density at radius 3 is 2.48 bits per heavy atom. The predicted molar refractivity (Wildman–Crippen MR) is 108 cm³/mol. The topological polar surface area (TPSA) is 58.6 Å². The minimum atomic E-state index is -0.477. The molecule has 144 valence electrons. The summed E-state index contributed by atoms with van der Waals surface area (Å²) in [6.45, 7) is 3.13. The van der Waals surface area contributed by atoms with E-state index in [-0.39, 0.29) is 12.6 Å². The van der Waals surface area contributed by atoms with Gasteiger partial charge in [-0.25, -0.2) is 4.79 Å². The van der Waals surface area contributed by atoms with Crippen LogP contribution in [0.1, 0.15) is 54.9 Å². The van der Waals surface area contributed by atoms with Gasteiger partial charge in [0.2, 0.25) is 0 Å². The zero-order chi connectivity index (χ0) is 19.1. The Morgan fingerprint density at radius 1 is 1.11 bits per heavy atom. The molecule has 0 heterocycles. The summed E-state index contributed by atoms with van der Waals surface area (Å²) in [5, 5.41) is 13.8. The first-order valence-electron chi connectivity index (χ1n) is 9.86. The van der Waals surface area contributed by atoms with Gasteiger partial charge in [0.1, 0.15) is 6.61 Å². The average molecular weight is 367 g/mol. The van der Waals surface area contributed by atoms with Crippen LogP contribution in [0.25, 0.3) is 0 Å². The Hall–Kier alpha value is -2.33. The van der Waals surface area contributed by atoms with E-state index in [0.29, 0.717) is 11.5 Å². The molecule has 0 aliphatic heterocycles. The summed E-state index contributed by atoms with van der Waals surface area (Å²) in [4.78, 5) is 12.5. The maximum atomic E-state index is 12.5. The summed E-state index contributed by atoms with van der Waals surface area (Å²) >= 11 is 0. The van der Waals surface area contributed by atoms with E-state index in [0.717, 1.165) is 49.9 Å². The lowest BCUT2D eigenvalue weighted by Crippen LogP contribution is -2.35. The van der Waals surface area contributed by atoms with Gasteiger partial charge in [-0.1, -0.05) is 49.4 Å². The van der Waals surface area contributed by atoms with Gasteiger partial charge in [-0.2, -0.15) is 0 Å². The van der Waals surface area contributed by atoms with Gasteiger partial charge < -0.3 is 15.2 Å². The second kappa shape index (κ2) is 9.05. The first kappa shape index (κ1) is 19.4. The Bertz CT molecular complexity index is 736. The number of benzene rings is 2. The molecular weight excluding hydrogens is 338 g/mol. The van der Waals surface area contributed by atoms with Crippen molar-refractivity contribution in [3.05, 3.63) is 65.7 Å². The highest BCUT2D eigenvalue weighted by atomic mass is 16.5. The van der Waals surface area contributed by atoms with E-state index >= 15 is 0 Å². The molecule has 1 saturated carbocycles. The smallest absolute Gasteiger partial charge is 0.340 e. The molecule has 0 atom stereocenters. The molecule has 27 heavy (non-hydrogen) atoms. The van der Waals surface area contributed by atoms with Crippen molar-refractivity contribution in [1.29, 1.82) is 0 Å². The number of para-hydroxylation sites is 1.